The Morgan fingerprint density at radius 1 is 1.21 bits per heavy atom. The van der Waals surface area contributed by atoms with Crippen LogP contribution >= 0.6 is 0 Å². The van der Waals surface area contributed by atoms with Gasteiger partial charge in [0.1, 0.15) is 0 Å². The van der Waals surface area contributed by atoms with Crippen LogP contribution in [-0.2, 0) is 5.41 Å². The maximum Gasteiger partial charge on any atom is 0.0159 e. The number of hydrogen-bond acceptors (Lipinski definition) is 1. The Morgan fingerprint density at radius 3 is 2.47 bits per heavy atom. The first-order valence-corrected chi connectivity index (χ1v) is 7.93. The van der Waals surface area contributed by atoms with Crippen LogP contribution in [0.3, 0.4) is 0 Å². The summed E-state index contributed by atoms with van der Waals surface area (Å²) in [5, 5.41) is 3.79. The summed E-state index contributed by atoms with van der Waals surface area (Å²) in [5.41, 5.74) is 1.67. The summed E-state index contributed by atoms with van der Waals surface area (Å²) >= 11 is 0. The molecule has 0 spiro atoms. The first-order chi connectivity index (χ1) is 9.14. The van der Waals surface area contributed by atoms with E-state index in [1.165, 1.54) is 37.7 Å². The fourth-order valence-electron chi connectivity index (χ4n) is 2.91. The van der Waals surface area contributed by atoms with Crippen LogP contribution in [0.4, 0.5) is 0 Å². The monoisotopic (exact) mass is 259 g/mol. The van der Waals surface area contributed by atoms with Gasteiger partial charge in [0, 0.05) is 11.5 Å². The fraction of sp³-hybridized carbons (Fsp3) is 0.667. The van der Waals surface area contributed by atoms with E-state index in [4.69, 9.17) is 0 Å². The molecule has 1 fully saturated rings. The van der Waals surface area contributed by atoms with Gasteiger partial charge in [0.15, 0.2) is 0 Å². The van der Waals surface area contributed by atoms with Gasteiger partial charge in [-0.15, -0.1) is 0 Å². The SMILES string of the molecule is CCCNC(CCC1CC1)C(C)(C)c1ccccc1. The molecule has 1 aliphatic carbocycles. The largest absolute Gasteiger partial charge is 0.313 e. The summed E-state index contributed by atoms with van der Waals surface area (Å²) in [5.74, 6) is 1.03. The van der Waals surface area contributed by atoms with Gasteiger partial charge in [0.25, 0.3) is 0 Å². The van der Waals surface area contributed by atoms with E-state index in [2.05, 4.69) is 56.4 Å². The van der Waals surface area contributed by atoms with Crippen molar-refractivity contribution in [2.24, 2.45) is 5.92 Å². The van der Waals surface area contributed by atoms with Crippen molar-refractivity contribution >= 4 is 0 Å². The van der Waals surface area contributed by atoms with Crippen LogP contribution in [0.2, 0.25) is 0 Å². The Labute approximate surface area is 118 Å². The van der Waals surface area contributed by atoms with Gasteiger partial charge in [-0.2, -0.15) is 0 Å². The van der Waals surface area contributed by atoms with E-state index in [1.54, 1.807) is 0 Å². The number of benzene rings is 1. The summed E-state index contributed by atoms with van der Waals surface area (Å²) in [7, 11) is 0. The predicted molar refractivity (Wildman–Crippen MR) is 83.5 cm³/mol. The molecule has 0 bridgehead atoms. The first kappa shape index (κ1) is 14.6. The molecule has 1 aromatic rings. The topological polar surface area (TPSA) is 12.0 Å². The molecule has 0 heterocycles. The van der Waals surface area contributed by atoms with Crippen LogP contribution in [0.15, 0.2) is 30.3 Å². The molecule has 0 aromatic heterocycles. The smallest absolute Gasteiger partial charge is 0.0159 e. The minimum absolute atomic E-state index is 0.214. The molecule has 1 aliphatic rings. The van der Waals surface area contributed by atoms with Crippen molar-refractivity contribution in [2.75, 3.05) is 6.54 Å². The van der Waals surface area contributed by atoms with E-state index in [0.717, 1.165) is 12.5 Å². The van der Waals surface area contributed by atoms with Gasteiger partial charge in [-0.3, -0.25) is 0 Å². The maximum atomic E-state index is 3.79. The van der Waals surface area contributed by atoms with E-state index in [-0.39, 0.29) is 5.41 Å². The van der Waals surface area contributed by atoms with Gasteiger partial charge in [0.05, 0.1) is 0 Å². The minimum atomic E-state index is 0.214. The van der Waals surface area contributed by atoms with Crippen LogP contribution in [0.5, 0.6) is 0 Å². The molecular weight excluding hydrogens is 230 g/mol. The van der Waals surface area contributed by atoms with Gasteiger partial charge in [0.2, 0.25) is 0 Å². The molecular formula is C18H29N. The molecule has 1 atom stereocenters. The van der Waals surface area contributed by atoms with E-state index in [0.29, 0.717) is 6.04 Å². The zero-order valence-corrected chi connectivity index (χ0v) is 12.8. The van der Waals surface area contributed by atoms with Crippen molar-refractivity contribution in [3.63, 3.8) is 0 Å². The Balaban J connectivity index is 2.04. The van der Waals surface area contributed by atoms with Crippen LogP contribution in [-0.4, -0.2) is 12.6 Å². The van der Waals surface area contributed by atoms with Gasteiger partial charge >= 0.3 is 0 Å². The summed E-state index contributed by atoms with van der Waals surface area (Å²) < 4.78 is 0. The molecule has 0 aliphatic heterocycles. The Hall–Kier alpha value is -0.820. The number of nitrogens with one attached hydrogen (secondary N) is 1. The van der Waals surface area contributed by atoms with Gasteiger partial charge < -0.3 is 5.32 Å². The van der Waals surface area contributed by atoms with E-state index in [9.17, 15) is 0 Å². The second-order valence-electron chi connectivity index (χ2n) is 6.62. The second-order valence-corrected chi connectivity index (χ2v) is 6.62. The summed E-state index contributed by atoms with van der Waals surface area (Å²) in [6.07, 6.45) is 6.85. The highest BCUT2D eigenvalue weighted by Crippen LogP contribution is 2.37. The van der Waals surface area contributed by atoms with E-state index < -0.39 is 0 Å². The van der Waals surface area contributed by atoms with Gasteiger partial charge in [-0.1, -0.05) is 63.9 Å². The zero-order valence-electron chi connectivity index (χ0n) is 12.8. The molecule has 1 saturated carbocycles. The molecule has 19 heavy (non-hydrogen) atoms. The maximum absolute atomic E-state index is 3.79. The summed E-state index contributed by atoms with van der Waals surface area (Å²) in [6.45, 7) is 8.16. The molecule has 1 aromatic carbocycles. The third-order valence-electron chi connectivity index (χ3n) is 4.59. The highest BCUT2D eigenvalue weighted by molar-refractivity contribution is 5.25. The molecule has 2 rings (SSSR count). The lowest BCUT2D eigenvalue weighted by Gasteiger charge is -2.36. The molecule has 106 valence electrons. The lowest BCUT2D eigenvalue weighted by atomic mass is 9.75. The molecule has 1 nitrogen and oxygen atoms in total. The van der Waals surface area contributed by atoms with Gasteiger partial charge in [-0.05, 0) is 37.3 Å². The molecule has 1 heteroatoms. The minimum Gasteiger partial charge on any atom is -0.313 e. The van der Waals surface area contributed by atoms with Crippen LogP contribution < -0.4 is 5.32 Å². The van der Waals surface area contributed by atoms with Crippen molar-refractivity contribution in [3.05, 3.63) is 35.9 Å². The average Bonchev–Trinajstić information content (AvgIpc) is 3.23. The first-order valence-electron chi connectivity index (χ1n) is 7.93. The highest BCUT2D eigenvalue weighted by Gasteiger charge is 2.32. The van der Waals surface area contributed by atoms with Crippen LogP contribution in [0.25, 0.3) is 0 Å². The Bertz CT molecular complexity index is 365. The molecule has 0 radical (unpaired) electrons. The van der Waals surface area contributed by atoms with Crippen LogP contribution in [0, 0.1) is 5.92 Å². The average molecular weight is 259 g/mol. The zero-order chi connectivity index (χ0) is 13.7. The van der Waals surface area contributed by atoms with Gasteiger partial charge in [-0.25, -0.2) is 0 Å². The summed E-state index contributed by atoms with van der Waals surface area (Å²) in [4.78, 5) is 0. The Kier molecular flexibility index (Phi) is 5.04. The fourth-order valence-corrected chi connectivity index (χ4v) is 2.91. The quantitative estimate of drug-likeness (QED) is 0.723. The second kappa shape index (κ2) is 6.56. The number of hydrogen-bond donors (Lipinski definition) is 1. The van der Waals surface area contributed by atoms with E-state index in [1.807, 2.05) is 0 Å². The normalized spacial score (nSPS) is 17.4. The number of rotatable bonds is 8. The molecule has 1 unspecified atom stereocenters. The van der Waals surface area contributed by atoms with Crippen molar-refractivity contribution in [3.8, 4) is 0 Å². The molecule has 1 N–H and O–H groups in total. The standard InChI is InChI=1S/C18H29N/c1-4-14-19-17(13-12-15-10-11-15)18(2,3)16-8-6-5-7-9-16/h5-9,15,17,19H,4,10-14H2,1-3H3. The third-order valence-corrected chi connectivity index (χ3v) is 4.59. The van der Waals surface area contributed by atoms with Crippen molar-refractivity contribution in [1.82, 2.24) is 5.32 Å². The van der Waals surface area contributed by atoms with Crippen molar-refractivity contribution < 1.29 is 0 Å². The van der Waals surface area contributed by atoms with Crippen molar-refractivity contribution in [2.45, 2.75) is 64.3 Å². The lowest BCUT2D eigenvalue weighted by molar-refractivity contribution is 0.312. The Morgan fingerprint density at radius 2 is 1.89 bits per heavy atom. The van der Waals surface area contributed by atoms with E-state index >= 15 is 0 Å². The highest BCUT2D eigenvalue weighted by atomic mass is 14.9. The predicted octanol–water partition coefficient (Wildman–Crippen LogP) is 4.52. The summed E-state index contributed by atoms with van der Waals surface area (Å²) in [6, 6.07) is 11.6. The lowest BCUT2D eigenvalue weighted by Crippen LogP contribution is -2.45. The third kappa shape index (κ3) is 4.07. The molecule has 0 saturated heterocycles. The van der Waals surface area contributed by atoms with Crippen molar-refractivity contribution in [1.29, 1.82) is 0 Å². The van der Waals surface area contributed by atoms with Crippen LogP contribution in [0.1, 0.15) is 58.4 Å². The molecule has 0 amide bonds.